The van der Waals surface area contributed by atoms with Crippen LogP contribution >= 0.6 is 15.9 Å². The maximum atomic E-state index is 10.9. The van der Waals surface area contributed by atoms with Crippen LogP contribution in [0.4, 0.5) is 5.69 Å². The Morgan fingerprint density at radius 2 is 1.88 bits per heavy atom. The summed E-state index contributed by atoms with van der Waals surface area (Å²) in [6.45, 7) is 0. The molecule has 0 aliphatic rings. The molecule has 1 radical (unpaired) electrons. The predicted molar refractivity (Wildman–Crippen MR) is 67.0 cm³/mol. The minimum Gasteiger partial charge on any atom is -0.457 e. The molecule has 0 atom stereocenters. The molecule has 2 aromatic carbocycles. The predicted octanol–water partition coefficient (Wildman–Crippen LogP) is 3.33. The van der Waals surface area contributed by atoms with Crippen molar-refractivity contribution in [2.24, 2.45) is 5.84 Å². The van der Waals surface area contributed by atoms with E-state index in [2.05, 4.69) is 22.0 Å². The third-order valence-electron chi connectivity index (χ3n) is 2.05. The van der Waals surface area contributed by atoms with Crippen LogP contribution in [0, 0.1) is 11.0 Å². The number of hydrazine groups is 1. The number of benzene rings is 2. The van der Waals surface area contributed by atoms with Gasteiger partial charge in [0.15, 0.2) is 4.87 Å². The van der Waals surface area contributed by atoms with Crippen LogP contribution in [-0.2, 0) is 0 Å². The van der Waals surface area contributed by atoms with Gasteiger partial charge in [-0.15, -0.1) is 0 Å². The first-order chi connectivity index (χ1) is 8.15. The second kappa shape index (κ2) is 4.97. The molecule has 17 heavy (non-hydrogen) atoms. The van der Waals surface area contributed by atoms with Gasteiger partial charge in [-0.05, 0) is 36.4 Å². The number of rotatable bonds is 3. The van der Waals surface area contributed by atoms with Gasteiger partial charge in [-0.2, -0.15) is 5.84 Å². The van der Waals surface area contributed by atoms with E-state index in [1.165, 1.54) is 6.07 Å². The summed E-state index contributed by atoms with van der Waals surface area (Å²) in [5.41, 5.74) is 0.291. The maximum Gasteiger partial charge on any atom is 0.295 e. The van der Waals surface area contributed by atoms with Gasteiger partial charge < -0.3 is 4.74 Å². The first-order valence-electron chi connectivity index (χ1n) is 4.82. The number of nitroso groups, excluding NO2 is 1. The molecule has 4 nitrogen and oxygen atoms in total. The molecule has 0 spiro atoms. The lowest BCUT2D eigenvalue weighted by Gasteiger charge is -2.04. The molecule has 85 valence electrons. The van der Waals surface area contributed by atoms with Crippen LogP contribution in [0.3, 0.4) is 0 Å². The molecule has 0 amide bonds. The molecule has 2 rings (SSSR count). The van der Waals surface area contributed by atoms with Crippen LogP contribution in [0.1, 0.15) is 0 Å². The molecule has 0 aliphatic carbocycles. The van der Waals surface area contributed by atoms with E-state index < -0.39 is 0 Å². The summed E-state index contributed by atoms with van der Waals surface area (Å²) in [6, 6.07) is 14.8. The molecular formula is C12H9BrN2O2+. The van der Waals surface area contributed by atoms with Gasteiger partial charge in [-0.25, -0.2) is 0 Å². The van der Waals surface area contributed by atoms with E-state index in [0.29, 0.717) is 17.2 Å². The van der Waals surface area contributed by atoms with E-state index in [4.69, 9.17) is 10.6 Å². The normalized spacial score (nSPS) is 9.94. The van der Waals surface area contributed by atoms with Crippen LogP contribution in [-0.4, -0.2) is 4.87 Å². The van der Waals surface area contributed by atoms with Gasteiger partial charge in [0.05, 0.1) is 11.0 Å². The Morgan fingerprint density at radius 1 is 1.18 bits per heavy atom. The smallest absolute Gasteiger partial charge is 0.295 e. The Labute approximate surface area is 107 Å². The second-order valence-corrected chi connectivity index (χ2v) is 4.22. The van der Waals surface area contributed by atoms with Crippen LogP contribution in [0.15, 0.2) is 46.9 Å². The first-order valence-corrected chi connectivity index (χ1v) is 5.61. The molecule has 0 saturated carbocycles. The van der Waals surface area contributed by atoms with E-state index in [0.717, 1.165) is 4.47 Å². The molecule has 0 bridgehead atoms. The van der Waals surface area contributed by atoms with Crippen LogP contribution in [0.5, 0.6) is 11.5 Å². The van der Waals surface area contributed by atoms with Gasteiger partial charge in [-0.1, -0.05) is 15.9 Å². The van der Waals surface area contributed by atoms with Crippen molar-refractivity contribution in [3.05, 3.63) is 57.9 Å². The zero-order valence-corrected chi connectivity index (χ0v) is 10.3. The summed E-state index contributed by atoms with van der Waals surface area (Å²) in [5.74, 6) is 6.28. The maximum absolute atomic E-state index is 10.9. The average molecular weight is 293 g/mol. The summed E-state index contributed by atoms with van der Waals surface area (Å²) in [4.78, 5) is 11.2. The van der Waals surface area contributed by atoms with Crippen LogP contribution in [0.2, 0.25) is 0 Å². The van der Waals surface area contributed by atoms with Gasteiger partial charge in [0.2, 0.25) is 0 Å². The minimum absolute atomic E-state index is 0.269. The standard InChI is InChI=1S/C12H9BrN2O2/c13-9-4-6-11(7-5-9)17-12-3-1-2-10(8-12)15(14)16/h2-8H,(H2,14,16)/q+1. The van der Waals surface area contributed by atoms with Crippen molar-refractivity contribution < 1.29 is 9.61 Å². The Hall–Kier alpha value is -1.88. The van der Waals surface area contributed by atoms with Crippen molar-refractivity contribution in [3.63, 3.8) is 0 Å². The molecule has 0 fully saturated rings. The number of hydrogen-bond acceptors (Lipinski definition) is 2. The van der Waals surface area contributed by atoms with Gasteiger partial charge in [0.1, 0.15) is 11.5 Å². The average Bonchev–Trinajstić information content (AvgIpc) is 2.32. The molecule has 0 aliphatic heterocycles. The molecule has 2 aromatic rings. The topological polar surface area (TPSA) is 55.3 Å². The highest BCUT2D eigenvalue weighted by Crippen LogP contribution is 2.25. The van der Waals surface area contributed by atoms with Gasteiger partial charge in [0, 0.05) is 10.5 Å². The fourth-order valence-corrected chi connectivity index (χ4v) is 1.53. The van der Waals surface area contributed by atoms with Crippen LogP contribution in [0.25, 0.3) is 0 Å². The summed E-state index contributed by atoms with van der Waals surface area (Å²) in [7, 11) is 0. The summed E-state index contributed by atoms with van der Waals surface area (Å²) >= 11 is 3.34. The zero-order chi connectivity index (χ0) is 12.3. The van der Waals surface area contributed by atoms with Crippen molar-refractivity contribution in [1.82, 2.24) is 0 Å². The summed E-state index contributed by atoms with van der Waals surface area (Å²) in [6.07, 6.45) is 0. The lowest BCUT2D eigenvalue weighted by molar-refractivity contribution is -0.474. The largest absolute Gasteiger partial charge is 0.457 e. The minimum atomic E-state index is 0.269. The third kappa shape index (κ3) is 3.04. The number of hydrogen-bond donors (Lipinski definition) is 1. The Balaban J connectivity index is 2.21. The van der Waals surface area contributed by atoms with E-state index in [1.807, 2.05) is 24.3 Å². The van der Waals surface area contributed by atoms with Crippen molar-refractivity contribution >= 4 is 21.6 Å². The van der Waals surface area contributed by atoms with Gasteiger partial charge in [0.25, 0.3) is 5.69 Å². The quantitative estimate of drug-likeness (QED) is 0.536. The van der Waals surface area contributed by atoms with E-state index in [1.54, 1.807) is 12.1 Å². The fourth-order valence-electron chi connectivity index (χ4n) is 1.26. The van der Waals surface area contributed by atoms with Crippen molar-refractivity contribution in [3.8, 4) is 11.5 Å². The van der Waals surface area contributed by atoms with E-state index >= 15 is 0 Å². The molecule has 5 heteroatoms. The van der Waals surface area contributed by atoms with Crippen LogP contribution < -0.4 is 10.6 Å². The van der Waals surface area contributed by atoms with Crippen molar-refractivity contribution in [1.29, 1.82) is 0 Å². The molecular weight excluding hydrogens is 284 g/mol. The molecule has 0 aromatic heterocycles. The van der Waals surface area contributed by atoms with Gasteiger partial charge >= 0.3 is 0 Å². The van der Waals surface area contributed by atoms with E-state index in [9.17, 15) is 4.91 Å². The monoisotopic (exact) mass is 292 g/mol. The first kappa shape index (κ1) is 11.6. The SMILES string of the molecule is N[N+](=O)c1c[c]cc(Oc2ccc(Br)cc2)c1. The number of halogens is 1. The summed E-state index contributed by atoms with van der Waals surface area (Å²) in [5, 5.41) is 0. The van der Waals surface area contributed by atoms with Crippen molar-refractivity contribution in [2.75, 3.05) is 0 Å². The number of nitrogens with zero attached hydrogens (tertiary/aromatic N) is 1. The molecule has 0 heterocycles. The number of nitrogens with two attached hydrogens (primary N) is 1. The van der Waals surface area contributed by atoms with Crippen molar-refractivity contribution in [2.45, 2.75) is 0 Å². The van der Waals surface area contributed by atoms with E-state index in [-0.39, 0.29) is 4.87 Å². The highest BCUT2D eigenvalue weighted by atomic mass is 79.9. The molecule has 0 unspecified atom stereocenters. The lowest BCUT2D eigenvalue weighted by atomic mass is 10.3. The highest BCUT2D eigenvalue weighted by molar-refractivity contribution is 9.10. The lowest BCUT2D eigenvalue weighted by Crippen LogP contribution is -2.08. The zero-order valence-electron chi connectivity index (χ0n) is 8.76. The fraction of sp³-hybridized carbons (Fsp3) is 0. The third-order valence-corrected chi connectivity index (χ3v) is 2.58. The Bertz CT molecular complexity index is 540. The number of ether oxygens (including phenoxy) is 1. The highest BCUT2D eigenvalue weighted by Gasteiger charge is 2.09. The molecule has 0 saturated heterocycles. The summed E-state index contributed by atoms with van der Waals surface area (Å²) < 4.78 is 6.52. The van der Waals surface area contributed by atoms with Gasteiger partial charge in [-0.3, -0.25) is 0 Å². The second-order valence-electron chi connectivity index (χ2n) is 3.31. The molecule has 2 N–H and O–H groups in total. The Kier molecular flexibility index (Phi) is 3.39. The Morgan fingerprint density at radius 3 is 2.53 bits per heavy atom.